The van der Waals surface area contributed by atoms with Crippen molar-refractivity contribution in [1.29, 1.82) is 0 Å². The summed E-state index contributed by atoms with van der Waals surface area (Å²) in [5, 5.41) is 0. The molecule has 0 aromatic heterocycles. The minimum absolute atomic E-state index is 0.214. The molecule has 2 heterocycles. The zero-order valence-corrected chi connectivity index (χ0v) is 13.4. The smallest absolute Gasteiger partial charge is 0.417 e. The molecule has 6 nitrogen and oxygen atoms in total. The number of fused-ring (bicyclic) bond motifs is 5. The molecule has 3 rings (SSSR count). The average molecular weight is 297 g/mol. The van der Waals surface area contributed by atoms with Crippen molar-refractivity contribution < 1.29 is 23.8 Å². The van der Waals surface area contributed by atoms with Gasteiger partial charge in [0.1, 0.15) is 17.3 Å². The summed E-state index contributed by atoms with van der Waals surface area (Å²) >= 11 is 0. The highest BCUT2D eigenvalue weighted by molar-refractivity contribution is 5.97. The molecule has 2 bridgehead atoms. The number of imide groups is 1. The predicted molar refractivity (Wildman–Crippen MR) is 73.4 cm³/mol. The van der Waals surface area contributed by atoms with E-state index in [4.69, 9.17) is 14.2 Å². The summed E-state index contributed by atoms with van der Waals surface area (Å²) in [7, 11) is 0. The second kappa shape index (κ2) is 3.98. The number of hydrogen-bond acceptors (Lipinski definition) is 5. The number of likely N-dealkylation sites (tertiary alicyclic amines) is 1. The Morgan fingerprint density at radius 3 is 2.52 bits per heavy atom. The quantitative estimate of drug-likeness (QED) is 0.685. The van der Waals surface area contributed by atoms with Gasteiger partial charge in [-0.2, -0.15) is 0 Å². The van der Waals surface area contributed by atoms with Gasteiger partial charge in [0.2, 0.25) is 5.91 Å². The fraction of sp³-hybridized carbons (Fsp3) is 0.867. The van der Waals surface area contributed by atoms with Gasteiger partial charge >= 0.3 is 6.09 Å². The molecule has 21 heavy (non-hydrogen) atoms. The van der Waals surface area contributed by atoms with Crippen LogP contribution in [0.5, 0.6) is 0 Å². The van der Waals surface area contributed by atoms with Crippen molar-refractivity contribution in [1.82, 2.24) is 4.90 Å². The topological polar surface area (TPSA) is 65.1 Å². The molecular weight excluding hydrogens is 274 g/mol. The van der Waals surface area contributed by atoms with E-state index in [1.165, 1.54) is 4.90 Å². The van der Waals surface area contributed by atoms with Crippen molar-refractivity contribution in [2.24, 2.45) is 5.92 Å². The summed E-state index contributed by atoms with van der Waals surface area (Å²) in [6.07, 6.45) is -0.298. The van der Waals surface area contributed by atoms with E-state index in [0.717, 1.165) is 0 Å². The molecule has 0 N–H and O–H groups in total. The maximum atomic E-state index is 12.5. The standard InChI is InChI=1S/C15H23NO5/c1-13(2,3)20-12(18)16-9-7-8(11(16)17)15(6)10(9)19-14(4,5)21-15/h8-10H,7H2,1-6H3/t8-,9-,10+,15-/m1/s1. The molecule has 0 unspecified atom stereocenters. The lowest BCUT2D eigenvalue weighted by atomic mass is 9.88. The third kappa shape index (κ3) is 2.07. The molecule has 0 spiro atoms. The van der Waals surface area contributed by atoms with Crippen molar-refractivity contribution in [3.8, 4) is 0 Å². The van der Waals surface area contributed by atoms with Gasteiger partial charge in [-0.15, -0.1) is 0 Å². The molecule has 6 heteroatoms. The molecule has 3 aliphatic rings. The zero-order valence-electron chi connectivity index (χ0n) is 13.4. The van der Waals surface area contributed by atoms with Crippen LogP contribution in [0.4, 0.5) is 4.79 Å². The number of amides is 2. The summed E-state index contributed by atoms with van der Waals surface area (Å²) in [5.41, 5.74) is -1.28. The van der Waals surface area contributed by atoms with Crippen LogP contribution in [-0.2, 0) is 19.0 Å². The van der Waals surface area contributed by atoms with Gasteiger partial charge in [-0.05, 0) is 48.0 Å². The van der Waals surface area contributed by atoms with Crippen molar-refractivity contribution in [2.75, 3.05) is 0 Å². The minimum atomic E-state index is -0.736. The first-order valence-corrected chi connectivity index (χ1v) is 7.39. The van der Waals surface area contributed by atoms with E-state index in [1.807, 2.05) is 20.8 Å². The second-order valence-electron chi connectivity index (χ2n) is 7.77. The fourth-order valence-corrected chi connectivity index (χ4v) is 3.82. The van der Waals surface area contributed by atoms with Gasteiger partial charge in [-0.1, -0.05) is 0 Å². The Hall–Kier alpha value is -1.14. The van der Waals surface area contributed by atoms with Gasteiger partial charge in [0.25, 0.3) is 0 Å². The van der Waals surface area contributed by atoms with E-state index in [0.29, 0.717) is 6.42 Å². The molecule has 4 atom stereocenters. The van der Waals surface area contributed by atoms with Crippen LogP contribution < -0.4 is 0 Å². The number of hydrogen-bond donors (Lipinski definition) is 0. The lowest BCUT2D eigenvalue weighted by molar-refractivity contribution is -0.173. The average Bonchev–Trinajstić information content (AvgIpc) is 2.78. The van der Waals surface area contributed by atoms with Crippen LogP contribution in [0, 0.1) is 5.92 Å². The highest BCUT2D eigenvalue weighted by Crippen LogP contribution is 2.55. The van der Waals surface area contributed by atoms with Gasteiger partial charge < -0.3 is 14.2 Å². The third-order valence-electron chi connectivity index (χ3n) is 4.42. The minimum Gasteiger partial charge on any atom is -0.443 e. The first-order valence-electron chi connectivity index (χ1n) is 7.39. The molecule has 118 valence electrons. The van der Waals surface area contributed by atoms with Crippen LogP contribution in [0.2, 0.25) is 0 Å². The van der Waals surface area contributed by atoms with Crippen LogP contribution in [0.25, 0.3) is 0 Å². The van der Waals surface area contributed by atoms with Crippen LogP contribution in [0.3, 0.4) is 0 Å². The van der Waals surface area contributed by atoms with Crippen LogP contribution in [-0.4, -0.2) is 46.0 Å². The van der Waals surface area contributed by atoms with E-state index < -0.39 is 23.1 Å². The van der Waals surface area contributed by atoms with Gasteiger partial charge in [-0.25, -0.2) is 9.69 Å². The zero-order chi connectivity index (χ0) is 15.8. The van der Waals surface area contributed by atoms with Crippen molar-refractivity contribution in [3.05, 3.63) is 0 Å². The Balaban J connectivity index is 1.86. The Labute approximate surface area is 124 Å². The monoisotopic (exact) mass is 297 g/mol. The molecule has 3 fully saturated rings. The van der Waals surface area contributed by atoms with Crippen molar-refractivity contribution in [2.45, 2.75) is 77.1 Å². The van der Waals surface area contributed by atoms with E-state index >= 15 is 0 Å². The fourth-order valence-electron chi connectivity index (χ4n) is 3.82. The SMILES string of the molecule is CC(C)(C)OC(=O)N1C(=O)[C@H]2C[C@@H]1[C@@H]1OC(C)(C)O[C@]21C. The van der Waals surface area contributed by atoms with Gasteiger partial charge in [-0.3, -0.25) is 4.79 Å². The van der Waals surface area contributed by atoms with Crippen LogP contribution in [0.15, 0.2) is 0 Å². The Kier molecular flexibility index (Phi) is 2.80. The molecule has 0 aromatic rings. The summed E-state index contributed by atoms with van der Waals surface area (Å²) in [4.78, 5) is 26.1. The number of carbonyl (C=O) groups is 2. The second-order valence-corrected chi connectivity index (χ2v) is 7.77. The van der Waals surface area contributed by atoms with Gasteiger partial charge in [0, 0.05) is 0 Å². The Bertz CT molecular complexity index is 509. The number of nitrogens with zero attached hydrogens (tertiary/aromatic N) is 1. The summed E-state index contributed by atoms with van der Waals surface area (Å²) in [6, 6.07) is -0.302. The number of ether oxygens (including phenoxy) is 3. The molecule has 1 saturated carbocycles. The molecule has 2 saturated heterocycles. The number of carbonyl (C=O) groups excluding carboxylic acids is 2. The first-order chi connectivity index (χ1) is 9.45. The highest BCUT2D eigenvalue weighted by Gasteiger charge is 2.71. The summed E-state index contributed by atoms with van der Waals surface area (Å²) < 4.78 is 17.3. The number of piperidine rings is 1. The molecule has 0 aromatic carbocycles. The van der Waals surface area contributed by atoms with Crippen LogP contribution in [0.1, 0.15) is 48.0 Å². The molecule has 2 aliphatic heterocycles. The van der Waals surface area contributed by atoms with E-state index in [1.54, 1.807) is 20.8 Å². The van der Waals surface area contributed by atoms with E-state index in [2.05, 4.69) is 0 Å². The molecule has 1 aliphatic carbocycles. The Morgan fingerprint density at radius 1 is 1.33 bits per heavy atom. The van der Waals surface area contributed by atoms with E-state index in [9.17, 15) is 9.59 Å². The normalized spacial score (nSPS) is 40.6. The van der Waals surface area contributed by atoms with Gasteiger partial charge in [0.15, 0.2) is 5.79 Å². The molecule has 0 radical (unpaired) electrons. The number of rotatable bonds is 0. The lowest BCUT2D eigenvalue weighted by Crippen LogP contribution is -2.58. The Morgan fingerprint density at radius 2 is 1.95 bits per heavy atom. The van der Waals surface area contributed by atoms with Crippen molar-refractivity contribution >= 4 is 12.0 Å². The highest BCUT2D eigenvalue weighted by atomic mass is 16.8. The van der Waals surface area contributed by atoms with Crippen molar-refractivity contribution in [3.63, 3.8) is 0 Å². The largest absolute Gasteiger partial charge is 0.443 e. The predicted octanol–water partition coefficient (Wildman–Crippen LogP) is 2.06. The maximum absolute atomic E-state index is 12.5. The molecular formula is C15H23NO5. The molecule has 2 amide bonds. The van der Waals surface area contributed by atoms with E-state index in [-0.39, 0.29) is 24.0 Å². The summed E-state index contributed by atoms with van der Waals surface area (Å²) in [5.74, 6) is -1.29. The third-order valence-corrected chi connectivity index (χ3v) is 4.42. The van der Waals surface area contributed by atoms with Gasteiger partial charge in [0.05, 0.1) is 12.0 Å². The first kappa shape index (κ1) is 14.8. The van der Waals surface area contributed by atoms with Crippen LogP contribution >= 0.6 is 0 Å². The maximum Gasteiger partial charge on any atom is 0.417 e. The summed E-state index contributed by atoms with van der Waals surface area (Å²) in [6.45, 7) is 10.9. The lowest BCUT2D eigenvalue weighted by Gasteiger charge is -2.37.